The summed E-state index contributed by atoms with van der Waals surface area (Å²) in [5, 5.41) is 18.1. The first-order valence-electron chi connectivity index (χ1n) is 6.00. The third kappa shape index (κ3) is 2.35. The molecule has 1 aliphatic rings. The van der Waals surface area contributed by atoms with Crippen molar-refractivity contribution in [1.29, 1.82) is 5.41 Å². The van der Waals surface area contributed by atoms with Gasteiger partial charge in [0.1, 0.15) is 5.76 Å². The van der Waals surface area contributed by atoms with E-state index in [1.807, 2.05) is 32.0 Å². The smallest absolute Gasteiger partial charge is 0.168 e. The van der Waals surface area contributed by atoms with Crippen LogP contribution in [0.1, 0.15) is 32.3 Å². The molecule has 0 bridgehead atoms. The van der Waals surface area contributed by atoms with E-state index in [1.165, 1.54) is 0 Å². The molecule has 0 spiro atoms. The average molecular weight is 243 g/mol. The lowest BCUT2D eigenvalue weighted by Crippen LogP contribution is -2.29. The average Bonchev–Trinajstić information content (AvgIpc) is 2.27. The molecule has 0 saturated heterocycles. The second kappa shape index (κ2) is 4.41. The summed E-state index contributed by atoms with van der Waals surface area (Å²) < 4.78 is 0. The highest BCUT2D eigenvalue weighted by Gasteiger charge is 2.34. The van der Waals surface area contributed by atoms with Gasteiger partial charge in [-0.25, -0.2) is 0 Å². The van der Waals surface area contributed by atoms with Gasteiger partial charge in [-0.3, -0.25) is 10.2 Å². The Morgan fingerprint density at radius 2 is 1.83 bits per heavy atom. The number of nitrogens with one attached hydrogen (secondary N) is 1. The highest BCUT2D eigenvalue weighted by molar-refractivity contribution is 6.28. The first-order valence-corrected chi connectivity index (χ1v) is 6.00. The van der Waals surface area contributed by atoms with Gasteiger partial charge in [-0.1, -0.05) is 44.2 Å². The number of allylic oxidation sites excluding steroid dienone is 2. The number of hydrogen-bond donors (Lipinski definition) is 2. The standard InChI is InChI=1S/C15H17NO2/c1-15(2)8-11(17)13(12(18)9-15)14(16)10-6-4-3-5-7-10/h3-7,16-17H,8-9H2,1-2H3. The van der Waals surface area contributed by atoms with Crippen molar-refractivity contribution in [3.05, 3.63) is 47.2 Å². The second-order valence-electron chi connectivity index (χ2n) is 5.50. The molecule has 0 aromatic heterocycles. The number of rotatable bonds is 2. The molecule has 0 aliphatic heterocycles. The van der Waals surface area contributed by atoms with Gasteiger partial charge in [-0.05, 0) is 5.41 Å². The maximum atomic E-state index is 12.1. The second-order valence-corrected chi connectivity index (χ2v) is 5.50. The number of carbonyl (C=O) groups is 1. The summed E-state index contributed by atoms with van der Waals surface area (Å²) in [5.74, 6) is -0.0947. The van der Waals surface area contributed by atoms with Crippen LogP contribution < -0.4 is 0 Å². The highest BCUT2D eigenvalue weighted by atomic mass is 16.3. The van der Waals surface area contributed by atoms with Gasteiger partial charge in [0.2, 0.25) is 0 Å². The molecule has 0 saturated carbocycles. The van der Waals surface area contributed by atoms with Crippen molar-refractivity contribution in [2.75, 3.05) is 0 Å². The number of benzene rings is 1. The minimum absolute atomic E-state index is 0.0464. The van der Waals surface area contributed by atoms with Crippen molar-refractivity contribution in [2.45, 2.75) is 26.7 Å². The SMILES string of the molecule is CC1(C)CC(=O)C(C(=N)c2ccccc2)=C(O)C1. The molecule has 0 unspecified atom stereocenters. The number of aliphatic hydroxyl groups excluding tert-OH is 1. The molecule has 0 heterocycles. The fraction of sp³-hybridized carbons (Fsp3) is 0.333. The molecule has 0 amide bonds. The van der Waals surface area contributed by atoms with Crippen LogP contribution in [0, 0.1) is 10.8 Å². The minimum Gasteiger partial charge on any atom is -0.511 e. The van der Waals surface area contributed by atoms with Gasteiger partial charge in [-0.2, -0.15) is 0 Å². The fourth-order valence-electron chi connectivity index (χ4n) is 2.32. The van der Waals surface area contributed by atoms with Crippen LogP contribution in [0.15, 0.2) is 41.7 Å². The number of aliphatic hydroxyl groups is 1. The van der Waals surface area contributed by atoms with E-state index in [0.717, 1.165) is 0 Å². The Morgan fingerprint density at radius 3 is 2.39 bits per heavy atom. The lowest BCUT2D eigenvalue weighted by molar-refractivity contribution is -0.117. The predicted octanol–water partition coefficient (Wildman–Crippen LogP) is 3.26. The van der Waals surface area contributed by atoms with Crippen molar-refractivity contribution in [2.24, 2.45) is 5.41 Å². The van der Waals surface area contributed by atoms with Crippen LogP contribution in [0.5, 0.6) is 0 Å². The van der Waals surface area contributed by atoms with Gasteiger partial charge in [0.25, 0.3) is 0 Å². The normalized spacial score (nSPS) is 18.9. The molecule has 0 fully saturated rings. The number of hydrogen-bond acceptors (Lipinski definition) is 3. The van der Waals surface area contributed by atoms with Crippen molar-refractivity contribution in [3.63, 3.8) is 0 Å². The summed E-state index contributed by atoms with van der Waals surface area (Å²) in [6.07, 6.45) is 0.824. The Hall–Kier alpha value is -1.90. The molecule has 18 heavy (non-hydrogen) atoms. The van der Waals surface area contributed by atoms with E-state index < -0.39 is 0 Å². The molecule has 2 rings (SSSR count). The van der Waals surface area contributed by atoms with Crippen molar-refractivity contribution in [3.8, 4) is 0 Å². The van der Waals surface area contributed by atoms with Gasteiger partial charge in [0, 0.05) is 18.4 Å². The zero-order valence-corrected chi connectivity index (χ0v) is 10.7. The summed E-state index contributed by atoms with van der Waals surface area (Å²) in [5.41, 5.74) is 0.739. The zero-order valence-electron chi connectivity index (χ0n) is 10.7. The Bertz CT molecular complexity index is 527. The molecular formula is C15H17NO2. The molecule has 3 heteroatoms. The van der Waals surface area contributed by atoms with Gasteiger partial charge in [0.15, 0.2) is 5.78 Å². The van der Waals surface area contributed by atoms with Crippen LogP contribution >= 0.6 is 0 Å². The summed E-state index contributed by atoms with van der Waals surface area (Å²) in [6, 6.07) is 9.04. The number of carbonyl (C=O) groups excluding carboxylic acids is 1. The largest absolute Gasteiger partial charge is 0.511 e. The third-order valence-electron chi connectivity index (χ3n) is 3.16. The van der Waals surface area contributed by atoms with Gasteiger partial charge in [-0.15, -0.1) is 0 Å². The van der Waals surface area contributed by atoms with Gasteiger partial charge in [0.05, 0.1) is 11.3 Å². The Kier molecular flexibility index (Phi) is 3.07. The Morgan fingerprint density at radius 1 is 1.22 bits per heavy atom. The molecule has 3 nitrogen and oxygen atoms in total. The van der Waals surface area contributed by atoms with Crippen molar-refractivity contribution >= 4 is 11.5 Å². The summed E-state index contributed by atoms with van der Waals surface area (Å²) in [4.78, 5) is 12.1. The molecule has 1 aliphatic carbocycles. The van der Waals surface area contributed by atoms with E-state index in [-0.39, 0.29) is 28.2 Å². The summed E-state index contributed by atoms with van der Waals surface area (Å²) in [6.45, 7) is 3.90. The maximum absolute atomic E-state index is 12.1. The third-order valence-corrected chi connectivity index (χ3v) is 3.16. The number of Topliss-reactive ketones (excluding diaryl/α,β-unsaturated/α-hetero) is 1. The van der Waals surface area contributed by atoms with Crippen LogP contribution in [0.4, 0.5) is 0 Å². The molecular weight excluding hydrogens is 226 g/mol. The minimum atomic E-state index is -0.221. The van der Waals surface area contributed by atoms with Crippen LogP contribution in [-0.2, 0) is 4.79 Å². The monoisotopic (exact) mass is 243 g/mol. The van der Waals surface area contributed by atoms with E-state index in [0.29, 0.717) is 18.4 Å². The fourth-order valence-corrected chi connectivity index (χ4v) is 2.32. The number of ketones is 1. The first kappa shape index (κ1) is 12.6. The van der Waals surface area contributed by atoms with Crippen LogP contribution in [0.2, 0.25) is 0 Å². The van der Waals surface area contributed by atoms with Crippen LogP contribution in [0.25, 0.3) is 0 Å². The van der Waals surface area contributed by atoms with Crippen LogP contribution in [0.3, 0.4) is 0 Å². The quantitative estimate of drug-likeness (QED) is 0.783. The predicted molar refractivity (Wildman–Crippen MR) is 70.9 cm³/mol. The molecule has 1 aromatic carbocycles. The molecule has 0 atom stereocenters. The molecule has 94 valence electrons. The first-order chi connectivity index (χ1) is 8.41. The Balaban J connectivity index is 2.39. The van der Waals surface area contributed by atoms with E-state index >= 15 is 0 Å². The van der Waals surface area contributed by atoms with Crippen molar-refractivity contribution in [1.82, 2.24) is 0 Å². The van der Waals surface area contributed by atoms with E-state index in [9.17, 15) is 9.90 Å². The van der Waals surface area contributed by atoms with E-state index in [1.54, 1.807) is 12.1 Å². The molecule has 0 radical (unpaired) electrons. The highest BCUT2D eigenvalue weighted by Crippen LogP contribution is 2.36. The summed E-state index contributed by atoms with van der Waals surface area (Å²) >= 11 is 0. The maximum Gasteiger partial charge on any atom is 0.168 e. The van der Waals surface area contributed by atoms with Crippen LogP contribution in [-0.4, -0.2) is 16.6 Å². The Labute approximate surface area is 107 Å². The topological polar surface area (TPSA) is 61.2 Å². The molecule has 2 N–H and O–H groups in total. The lowest BCUT2D eigenvalue weighted by Gasteiger charge is -2.29. The molecule has 1 aromatic rings. The zero-order chi connectivity index (χ0) is 13.3. The van der Waals surface area contributed by atoms with E-state index in [4.69, 9.17) is 5.41 Å². The van der Waals surface area contributed by atoms with Gasteiger partial charge >= 0.3 is 0 Å². The lowest BCUT2D eigenvalue weighted by atomic mass is 9.75. The van der Waals surface area contributed by atoms with Gasteiger partial charge < -0.3 is 5.11 Å². The van der Waals surface area contributed by atoms with E-state index in [2.05, 4.69) is 0 Å². The summed E-state index contributed by atoms with van der Waals surface area (Å²) in [7, 11) is 0. The van der Waals surface area contributed by atoms with Crippen molar-refractivity contribution < 1.29 is 9.90 Å².